The Morgan fingerprint density at radius 2 is 0.744 bits per heavy atom. The average Bonchev–Trinajstić information content (AvgIpc) is 1.57. The van der Waals surface area contributed by atoms with E-state index >= 15 is 0 Å². The van der Waals surface area contributed by atoms with Gasteiger partial charge in [0.2, 0.25) is 0 Å². The molecule has 0 aliphatic carbocycles. The number of fused-ring (bicyclic) bond motifs is 6. The van der Waals surface area contributed by atoms with Crippen LogP contribution in [0.15, 0.2) is 206 Å². The van der Waals surface area contributed by atoms with E-state index in [4.69, 9.17) is 28.1 Å². The van der Waals surface area contributed by atoms with Gasteiger partial charge in [0, 0.05) is 49.6 Å². The molecule has 0 unspecified atom stereocenters. The molecule has 13 rings (SSSR count). The zero-order valence-electron chi connectivity index (χ0n) is 53.2. The molecular weight excluding hydrogens is 1100 g/mol. The first-order chi connectivity index (χ1) is 43.0. The second-order valence-corrected chi connectivity index (χ2v) is 27.9. The molecule has 90 heavy (non-hydrogen) atoms. The first-order valence-electron chi connectivity index (χ1n) is 30.8. The van der Waals surface area contributed by atoms with Crippen molar-refractivity contribution in [3.8, 4) is 85.0 Å². The molecule has 438 valence electrons. The van der Waals surface area contributed by atoms with Crippen molar-refractivity contribution < 1.29 is 0 Å². The van der Waals surface area contributed by atoms with Crippen LogP contribution in [0, 0.1) is 24.5 Å². The van der Waals surface area contributed by atoms with Gasteiger partial charge in [0.15, 0.2) is 28.8 Å². The summed E-state index contributed by atoms with van der Waals surface area (Å²) in [7, 11) is 0. The molecular formula is C82H70N8. The molecule has 0 aliphatic rings. The van der Waals surface area contributed by atoms with E-state index in [-0.39, 0.29) is 21.7 Å². The Morgan fingerprint density at radius 1 is 0.344 bits per heavy atom. The molecule has 0 saturated carbocycles. The maximum Gasteiger partial charge on any atom is 0.194 e. The van der Waals surface area contributed by atoms with Gasteiger partial charge in [-0.3, -0.25) is 0 Å². The summed E-state index contributed by atoms with van der Waals surface area (Å²) in [4.78, 5) is 24.3. The second-order valence-electron chi connectivity index (χ2n) is 27.9. The van der Waals surface area contributed by atoms with Crippen molar-refractivity contribution in [2.75, 3.05) is 0 Å². The Labute approximate surface area is 528 Å². The minimum absolute atomic E-state index is 0.0673. The molecule has 8 heteroatoms. The Bertz CT molecular complexity index is 4800. The molecule has 0 amide bonds. The van der Waals surface area contributed by atoms with Gasteiger partial charge < -0.3 is 9.13 Å². The third kappa shape index (κ3) is 10.6. The molecule has 0 N–H and O–H groups in total. The SMILES string of the molecule is [C-]#[N+]c1cccc(-c2cc(-n3c4ccc(C(C)(C)C)cc4c4cc(C(C)(C)C)ccc43)ccc2-c2nc(-c3cccc(-c4ccccc4[N+]#[C-])c3)nc(-c3ccc(-n4c5ccc(C(C)(C)C)cc5c5cc(C(C)(C)C)ccc54)cc3-c3cccc(C#N)c3)n2)c1. The summed E-state index contributed by atoms with van der Waals surface area (Å²) in [5.74, 6) is 1.28. The topological polar surface area (TPSA) is 81.0 Å². The maximum absolute atomic E-state index is 10.5. The van der Waals surface area contributed by atoms with Crippen LogP contribution in [0.4, 0.5) is 11.4 Å². The number of rotatable bonds is 8. The zero-order valence-corrected chi connectivity index (χ0v) is 53.2. The largest absolute Gasteiger partial charge is 0.309 e. The smallest absolute Gasteiger partial charge is 0.194 e. The van der Waals surface area contributed by atoms with E-state index in [0.29, 0.717) is 34.4 Å². The summed E-state index contributed by atoms with van der Waals surface area (Å²) in [6.07, 6.45) is 0. The molecule has 3 aromatic heterocycles. The number of hydrogen-bond acceptors (Lipinski definition) is 4. The van der Waals surface area contributed by atoms with Gasteiger partial charge in [-0.05, 0) is 186 Å². The quantitative estimate of drug-likeness (QED) is 0.142. The van der Waals surface area contributed by atoms with E-state index in [1.54, 1.807) is 0 Å². The van der Waals surface area contributed by atoms with Crippen molar-refractivity contribution in [3.63, 3.8) is 0 Å². The lowest BCUT2D eigenvalue weighted by Crippen LogP contribution is -2.10. The van der Waals surface area contributed by atoms with Crippen LogP contribution >= 0.6 is 0 Å². The predicted molar refractivity (Wildman–Crippen MR) is 373 cm³/mol. The molecule has 0 bridgehead atoms. The molecule has 0 saturated heterocycles. The van der Waals surface area contributed by atoms with Gasteiger partial charge in [-0.25, -0.2) is 24.6 Å². The molecule has 0 radical (unpaired) electrons. The van der Waals surface area contributed by atoms with E-state index in [0.717, 1.165) is 83.5 Å². The number of nitrogens with zero attached hydrogens (tertiary/aromatic N) is 8. The van der Waals surface area contributed by atoms with Crippen LogP contribution in [0.5, 0.6) is 0 Å². The molecule has 3 heterocycles. The summed E-state index contributed by atoms with van der Waals surface area (Å²) < 4.78 is 4.72. The van der Waals surface area contributed by atoms with Crippen molar-refractivity contribution in [2.45, 2.75) is 105 Å². The van der Waals surface area contributed by atoms with Crippen LogP contribution in [-0.2, 0) is 21.7 Å². The van der Waals surface area contributed by atoms with E-state index in [1.807, 2.05) is 91.0 Å². The molecule has 13 aromatic rings. The minimum atomic E-state index is -0.0683. The van der Waals surface area contributed by atoms with Gasteiger partial charge in [-0.2, -0.15) is 5.26 Å². The molecule has 8 nitrogen and oxygen atoms in total. The Hall–Kier alpha value is -10.7. The monoisotopic (exact) mass is 1170 g/mol. The maximum atomic E-state index is 10.5. The average molecular weight is 1170 g/mol. The Morgan fingerprint density at radius 3 is 1.18 bits per heavy atom. The normalized spacial score (nSPS) is 12.2. The van der Waals surface area contributed by atoms with Gasteiger partial charge in [-0.15, -0.1) is 0 Å². The summed E-state index contributed by atoms with van der Waals surface area (Å²) >= 11 is 0. The van der Waals surface area contributed by atoms with Crippen molar-refractivity contribution >= 4 is 55.0 Å². The van der Waals surface area contributed by atoms with Crippen molar-refractivity contribution in [2.24, 2.45) is 0 Å². The molecule has 10 aromatic carbocycles. The van der Waals surface area contributed by atoms with E-state index < -0.39 is 0 Å². The fraction of sp³-hybridized carbons (Fsp3) is 0.195. The highest BCUT2D eigenvalue weighted by Crippen LogP contribution is 2.45. The molecule has 0 spiro atoms. The lowest BCUT2D eigenvalue weighted by molar-refractivity contribution is 0.590. The van der Waals surface area contributed by atoms with Crippen molar-refractivity contribution in [1.82, 2.24) is 24.1 Å². The third-order valence-electron chi connectivity index (χ3n) is 17.7. The Kier molecular flexibility index (Phi) is 14.2. The van der Waals surface area contributed by atoms with Crippen LogP contribution in [0.3, 0.4) is 0 Å². The molecule has 0 aliphatic heterocycles. The lowest BCUT2D eigenvalue weighted by Gasteiger charge is -2.19. The Balaban J connectivity index is 1.09. The zero-order chi connectivity index (χ0) is 63.2. The summed E-state index contributed by atoms with van der Waals surface area (Å²) in [6.45, 7) is 43.4. The van der Waals surface area contributed by atoms with Crippen molar-refractivity contribution in [1.29, 1.82) is 5.26 Å². The first kappa shape index (κ1) is 58.3. The van der Waals surface area contributed by atoms with Gasteiger partial charge in [-0.1, -0.05) is 180 Å². The highest BCUT2D eigenvalue weighted by Gasteiger charge is 2.26. The van der Waals surface area contributed by atoms with Crippen LogP contribution < -0.4 is 0 Å². The summed E-state index contributed by atoms with van der Waals surface area (Å²) in [5, 5.41) is 15.2. The van der Waals surface area contributed by atoms with Crippen LogP contribution in [0.1, 0.15) is 111 Å². The highest BCUT2D eigenvalue weighted by molar-refractivity contribution is 6.11. The van der Waals surface area contributed by atoms with E-state index in [2.05, 4.69) is 223 Å². The number of nitriles is 1. The fourth-order valence-corrected chi connectivity index (χ4v) is 12.6. The summed E-state index contributed by atoms with van der Waals surface area (Å²) in [5.41, 5.74) is 19.8. The summed E-state index contributed by atoms with van der Waals surface area (Å²) in [6, 6.07) is 74.1. The standard InChI is InChI=1S/C82H70N8/c1-79(2,3)55-28-36-72-67(43-55)68-44-56(80(4,5)6)29-37-73(68)89(72)60-32-34-63(65(47-60)51-21-17-20-50(40-51)49-83)77-86-76(54-24-18-22-52(41-54)62-26-15-16-27-71(62)85-14)87-78(88-77)64-35-33-61(48-66(64)53-23-19-25-59(42-53)84-13)90-74-38-30-57(81(7,8)9)45-69(74)70-46-58(82(10,11)12)31-39-75(70)90/h15-48H,1-12H3. The fourth-order valence-electron chi connectivity index (χ4n) is 12.6. The minimum Gasteiger partial charge on any atom is -0.309 e. The van der Waals surface area contributed by atoms with Gasteiger partial charge in [0.05, 0.1) is 46.8 Å². The van der Waals surface area contributed by atoms with E-state index in [1.165, 1.54) is 43.8 Å². The van der Waals surface area contributed by atoms with Crippen molar-refractivity contribution in [3.05, 3.63) is 257 Å². The van der Waals surface area contributed by atoms with E-state index in [9.17, 15) is 5.26 Å². The number of benzene rings is 10. The molecule has 0 fully saturated rings. The lowest BCUT2D eigenvalue weighted by atomic mass is 9.85. The number of para-hydroxylation sites is 1. The number of aromatic nitrogens is 5. The number of hydrogen-bond donors (Lipinski definition) is 0. The molecule has 0 atom stereocenters. The second kappa shape index (κ2) is 21.8. The van der Waals surface area contributed by atoms with Gasteiger partial charge >= 0.3 is 0 Å². The third-order valence-corrected chi connectivity index (χ3v) is 17.7. The van der Waals surface area contributed by atoms with Gasteiger partial charge in [0.1, 0.15) is 0 Å². The van der Waals surface area contributed by atoms with Gasteiger partial charge in [0.25, 0.3) is 0 Å². The first-order valence-corrected chi connectivity index (χ1v) is 30.8. The van der Waals surface area contributed by atoms with Crippen LogP contribution in [0.2, 0.25) is 0 Å². The van der Waals surface area contributed by atoms with Crippen LogP contribution in [0.25, 0.3) is 132 Å². The van der Waals surface area contributed by atoms with Crippen LogP contribution in [-0.4, -0.2) is 24.1 Å². The predicted octanol–water partition coefficient (Wildman–Crippen LogP) is 22.2. The highest BCUT2D eigenvalue weighted by atomic mass is 15.0.